The third-order valence-corrected chi connectivity index (χ3v) is 2.88. The standard InChI is InChI=1S/C15H22O3/c1-4-6-12-18-15(3,14(16)17-5-2)13-10-8-7-9-11-13/h7-11H,4-6,12H2,1-3H3/t15-/m1/s1. The predicted octanol–water partition coefficient (Wildman–Crippen LogP) is 3.28. The Balaban J connectivity index is 2.90. The monoisotopic (exact) mass is 250 g/mol. The summed E-state index contributed by atoms with van der Waals surface area (Å²) >= 11 is 0. The first-order valence-corrected chi connectivity index (χ1v) is 6.51. The van der Waals surface area contributed by atoms with Crippen LogP contribution in [0.25, 0.3) is 0 Å². The van der Waals surface area contributed by atoms with Crippen molar-refractivity contribution in [2.45, 2.75) is 39.2 Å². The van der Waals surface area contributed by atoms with E-state index in [1.807, 2.05) is 30.3 Å². The molecule has 0 aliphatic rings. The van der Waals surface area contributed by atoms with Gasteiger partial charge in [0.1, 0.15) is 0 Å². The smallest absolute Gasteiger partial charge is 0.342 e. The molecule has 0 amide bonds. The molecular formula is C15H22O3. The number of ether oxygens (including phenoxy) is 2. The fraction of sp³-hybridized carbons (Fsp3) is 0.533. The molecule has 1 aromatic rings. The maximum absolute atomic E-state index is 12.1. The second-order valence-electron chi connectivity index (χ2n) is 4.32. The quantitative estimate of drug-likeness (QED) is 0.550. The summed E-state index contributed by atoms with van der Waals surface area (Å²) in [5.41, 5.74) is -0.175. The Bertz CT molecular complexity index is 361. The normalized spacial score (nSPS) is 13.9. The molecule has 18 heavy (non-hydrogen) atoms. The first-order chi connectivity index (χ1) is 8.65. The molecule has 0 N–H and O–H groups in total. The number of hydrogen-bond donors (Lipinski definition) is 0. The summed E-state index contributed by atoms with van der Waals surface area (Å²) in [6.07, 6.45) is 1.97. The van der Waals surface area contributed by atoms with Crippen LogP contribution in [0.2, 0.25) is 0 Å². The number of carbonyl (C=O) groups is 1. The van der Waals surface area contributed by atoms with Crippen molar-refractivity contribution in [3.05, 3.63) is 35.9 Å². The van der Waals surface area contributed by atoms with Crippen LogP contribution >= 0.6 is 0 Å². The number of rotatable bonds is 7. The summed E-state index contributed by atoms with van der Waals surface area (Å²) in [7, 11) is 0. The zero-order valence-electron chi connectivity index (χ0n) is 11.4. The lowest BCUT2D eigenvalue weighted by molar-refractivity contribution is -0.172. The van der Waals surface area contributed by atoms with Gasteiger partial charge >= 0.3 is 5.97 Å². The lowest BCUT2D eigenvalue weighted by atomic mass is 9.96. The molecule has 0 unspecified atom stereocenters. The summed E-state index contributed by atoms with van der Waals surface area (Å²) < 4.78 is 10.9. The fourth-order valence-electron chi connectivity index (χ4n) is 1.71. The van der Waals surface area contributed by atoms with Crippen molar-refractivity contribution in [3.63, 3.8) is 0 Å². The molecule has 0 aliphatic carbocycles. The Morgan fingerprint density at radius 2 is 1.89 bits per heavy atom. The van der Waals surface area contributed by atoms with Crippen LogP contribution in [0.3, 0.4) is 0 Å². The molecule has 100 valence electrons. The van der Waals surface area contributed by atoms with Crippen molar-refractivity contribution in [2.75, 3.05) is 13.2 Å². The van der Waals surface area contributed by atoms with E-state index in [4.69, 9.17) is 9.47 Å². The largest absolute Gasteiger partial charge is 0.464 e. The molecule has 0 saturated heterocycles. The molecule has 0 spiro atoms. The second-order valence-corrected chi connectivity index (χ2v) is 4.32. The minimum absolute atomic E-state index is 0.327. The maximum Gasteiger partial charge on any atom is 0.342 e. The van der Waals surface area contributed by atoms with Crippen molar-refractivity contribution in [3.8, 4) is 0 Å². The van der Waals surface area contributed by atoms with Gasteiger partial charge in [0.15, 0.2) is 5.60 Å². The third kappa shape index (κ3) is 3.57. The van der Waals surface area contributed by atoms with Crippen LogP contribution in [0.4, 0.5) is 0 Å². The Labute approximate surface area is 109 Å². The van der Waals surface area contributed by atoms with Crippen LogP contribution in [-0.4, -0.2) is 19.2 Å². The molecule has 0 saturated carbocycles. The van der Waals surface area contributed by atoms with Gasteiger partial charge in [-0.05, 0) is 25.8 Å². The number of unbranched alkanes of at least 4 members (excludes halogenated alkanes) is 1. The molecule has 3 heteroatoms. The van der Waals surface area contributed by atoms with Gasteiger partial charge in [-0.1, -0.05) is 43.7 Å². The van der Waals surface area contributed by atoms with E-state index < -0.39 is 5.60 Å². The SMILES string of the molecule is CCCCO[C@@](C)(C(=O)OCC)c1ccccc1. The maximum atomic E-state index is 12.1. The van der Waals surface area contributed by atoms with Gasteiger partial charge in [0.05, 0.1) is 6.61 Å². The second kappa shape index (κ2) is 7.17. The van der Waals surface area contributed by atoms with Crippen LogP contribution in [0.15, 0.2) is 30.3 Å². The van der Waals surface area contributed by atoms with Gasteiger partial charge in [0.25, 0.3) is 0 Å². The summed E-state index contributed by atoms with van der Waals surface area (Å²) in [6, 6.07) is 9.50. The molecule has 0 heterocycles. The van der Waals surface area contributed by atoms with E-state index in [1.54, 1.807) is 13.8 Å². The molecule has 1 atom stereocenters. The number of carbonyl (C=O) groups excluding carboxylic acids is 1. The molecule has 0 bridgehead atoms. The zero-order valence-corrected chi connectivity index (χ0v) is 11.4. The van der Waals surface area contributed by atoms with Crippen molar-refractivity contribution >= 4 is 5.97 Å². The van der Waals surface area contributed by atoms with Crippen molar-refractivity contribution in [1.29, 1.82) is 0 Å². The van der Waals surface area contributed by atoms with Crippen molar-refractivity contribution in [1.82, 2.24) is 0 Å². The Hall–Kier alpha value is -1.35. The zero-order chi connectivity index (χ0) is 13.4. The lowest BCUT2D eigenvalue weighted by Crippen LogP contribution is -2.37. The third-order valence-electron chi connectivity index (χ3n) is 2.88. The highest BCUT2D eigenvalue weighted by atomic mass is 16.6. The Morgan fingerprint density at radius 1 is 1.22 bits per heavy atom. The number of benzene rings is 1. The van der Waals surface area contributed by atoms with Crippen molar-refractivity contribution < 1.29 is 14.3 Å². The van der Waals surface area contributed by atoms with Crippen LogP contribution in [-0.2, 0) is 19.9 Å². The Kier molecular flexibility index (Phi) is 5.86. The van der Waals surface area contributed by atoms with Crippen LogP contribution in [0.1, 0.15) is 39.2 Å². The summed E-state index contributed by atoms with van der Waals surface area (Å²) in [4.78, 5) is 12.1. The Morgan fingerprint density at radius 3 is 2.44 bits per heavy atom. The first-order valence-electron chi connectivity index (χ1n) is 6.51. The van der Waals surface area contributed by atoms with E-state index in [-0.39, 0.29) is 5.97 Å². The molecule has 0 radical (unpaired) electrons. The minimum Gasteiger partial charge on any atom is -0.464 e. The van der Waals surface area contributed by atoms with Crippen LogP contribution in [0.5, 0.6) is 0 Å². The van der Waals surface area contributed by atoms with Gasteiger partial charge in [-0.3, -0.25) is 0 Å². The summed E-state index contributed by atoms with van der Waals surface area (Å²) in [5.74, 6) is -0.327. The minimum atomic E-state index is -1.01. The van der Waals surface area contributed by atoms with Gasteiger partial charge in [-0.15, -0.1) is 0 Å². The average Bonchev–Trinajstić information content (AvgIpc) is 2.40. The molecule has 0 aliphatic heterocycles. The molecule has 1 rings (SSSR count). The molecule has 3 nitrogen and oxygen atoms in total. The van der Waals surface area contributed by atoms with E-state index in [2.05, 4.69) is 6.92 Å². The highest BCUT2D eigenvalue weighted by molar-refractivity contribution is 5.80. The van der Waals surface area contributed by atoms with Gasteiger partial charge in [0.2, 0.25) is 0 Å². The molecule has 1 aromatic carbocycles. The highest BCUT2D eigenvalue weighted by Crippen LogP contribution is 2.27. The van der Waals surface area contributed by atoms with Crippen molar-refractivity contribution in [2.24, 2.45) is 0 Å². The number of hydrogen-bond acceptors (Lipinski definition) is 3. The van der Waals surface area contributed by atoms with E-state index in [9.17, 15) is 4.79 Å². The van der Waals surface area contributed by atoms with E-state index in [1.165, 1.54) is 0 Å². The van der Waals surface area contributed by atoms with Gasteiger partial charge < -0.3 is 9.47 Å². The highest BCUT2D eigenvalue weighted by Gasteiger charge is 2.37. The van der Waals surface area contributed by atoms with Gasteiger partial charge in [0, 0.05) is 6.61 Å². The summed E-state index contributed by atoms with van der Waals surface area (Å²) in [5, 5.41) is 0. The number of esters is 1. The van der Waals surface area contributed by atoms with Gasteiger partial charge in [-0.2, -0.15) is 0 Å². The van der Waals surface area contributed by atoms with E-state index in [0.717, 1.165) is 18.4 Å². The molecular weight excluding hydrogens is 228 g/mol. The van der Waals surface area contributed by atoms with E-state index in [0.29, 0.717) is 13.2 Å². The predicted molar refractivity (Wildman–Crippen MR) is 71.3 cm³/mol. The van der Waals surface area contributed by atoms with Crippen LogP contribution in [0, 0.1) is 0 Å². The fourth-order valence-corrected chi connectivity index (χ4v) is 1.71. The van der Waals surface area contributed by atoms with Gasteiger partial charge in [-0.25, -0.2) is 4.79 Å². The topological polar surface area (TPSA) is 35.5 Å². The summed E-state index contributed by atoms with van der Waals surface area (Å²) in [6.45, 7) is 6.58. The van der Waals surface area contributed by atoms with E-state index >= 15 is 0 Å². The average molecular weight is 250 g/mol. The first kappa shape index (κ1) is 14.7. The molecule has 0 fully saturated rings. The van der Waals surface area contributed by atoms with Crippen LogP contribution < -0.4 is 0 Å². The molecule has 0 aromatic heterocycles. The lowest BCUT2D eigenvalue weighted by Gasteiger charge is -2.28.